The summed E-state index contributed by atoms with van der Waals surface area (Å²) in [6, 6.07) is 5.11. The van der Waals surface area contributed by atoms with Crippen LogP contribution >= 0.6 is 0 Å². The molecule has 1 aliphatic rings. The van der Waals surface area contributed by atoms with E-state index in [9.17, 15) is 12.8 Å². The third kappa shape index (κ3) is 3.66. The highest BCUT2D eigenvalue weighted by atomic mass is 32.2. The fourth-order valence-electron chi connectivity index (χ4n) is 1.72. The molecule has 19 heavy (non-hydrogen) atoms. The smallest absolute Gasteiger partial charge is 0.191 e. The Kier molecular flexibility index (Phi) is 4.04. The second kappa shape index (κ2) is 5.56. The molecule has 5 nitrogen and oxygen atoms in total. The molecule has 0 spiro atoms. The molecule has 7 heteroatoms. The highest BCUT2D eigenvalue weighted by Crippen LogP contribution is 2.11. The van der Waals surface area contributed by atoms with Crippen LogP contribution in [0.4, 0.5) is 4.39 Å². The Balaban J connectivity index is 1.89. The Morgan fingerprint density at radius 3 is 2.68 bits per heavy atom. The summed E-state index contributed by atoms with van der Waals surface area (Å²) >= 11 is 0. The molecule has 0 aliphatic carbocycles. The number of rotatable bonds is 4. The first-order valence-electron chi connectivity index (χ1n) is 6.00. The van der Waals surface area contributed by atoms with Crippen LogP contribution in [0.15, 0.2) is 34.2 Å². The van der Waals surface area contributed by atoms with E-state index in [4.69, 9.17) is 0 Å². The van der Waals surface area contributed by atoms with Gasteiger partial charge in [-0.25, -0.2) is 12.8 Å². The topological polar surface area (TPSA) is 70.6 Å². The van der Waals surface area contributed by atoms with Crippen molar-refractivity contribution in [2.45, 2.75) is 17.9 Å². The summed E-state index contributed by atoms with van der Waals surface area (Å²) in [6.07, 6.45) is 0. The monoisotopic (exact) mass is 285 g/mol. The van der Waals surface area contributed by atoms with Gasteiger partial charge in [0.1, 0.15) is 5.82 Å². The van der Waals surface area contributed by atoms with Crippen molar-refractivity contribution in [3.05, 3.63) is 30.1 Å². The molecule has 104 valence electrons. The van der Waals surface area contributed by atoms with Crippen LogP contribution in [0.1, 0.15) is 6.92 Å². The van der Waals surface area contributed by atoms with Crippen LogP contribution < -0.4 is 10.6 Å². The molecule has 1 aromatic rings. The van der Waals surface area contributed by atoms with Gasteiger partial charge in [-0.15, -0.1) is 0 Å². The van der Waals surface area contributed by atoms with Crippen LogP contribution in [0.2, 0.25) is 0 Å². The number of guanidine groups is 1. The largest absolute Gasteiger partial charge is 0.355 e. The zero-order chi connectivity index (χ0) is 13.9. The Morgan fingerprint density at radius 1 is 1.42 bits per heavy atom. The van der Waals surface area contributed by atoms with Gasteiger partial charge in [0, 0.05) is 12.6 Å². The molecule has 1 aromatic carbocycles. The lowest BCUT2D eigenvalue weighted by molar-refractivity contribution is 0.593. The van der Waals surface area contributed by atoms with Gasteiger partial charge in [-0.2, -0.15) is 0 Å². The van der Waals surface area contributed by atoms with E-state index in [1.165, 1.54) is 12.1 Å². The van der Waals surface area contributed by atoms with E-state index in [0.29, 0.717) is 12.5 Å². The first kappa shape index (κ1) is 13.8. The molecule has 2 rings (SSSR count). The lowest BCUT2D eigenvalue weighted by atomic mass is 10.4. The maximum Gasteiger partial charge on any atom is 0.191 e. The second-order valence-corrected chi connectivity index (χ2v) is 6.54. The van der Waals surface area contributed by atoms with Crippen LogP contribution in [0.5, 0.6) is 0 Å². The zero-order valence-electron chi connectivity index (χ0n) is 10.6. The van der Waals surface area contributed by atoms with Gasteiger partial charge in [0.25, 0.3) is 0 Å². The van der Waals surface area contributed by atoms with E-state index in [2.05, 4.69) is 15.6 Å². The van der Waals surface area contributed by atoms with Crippen LogP contribution in [0.3, 0.4) is 0 Å². The number of hydrogen-bond acceptors (Lipinski definition) is 5. The Hall–Kier alpha value is -1.63. The van der Waals surface area contributed by atoms with E-state index < -0.39 is 15.7 Å². The Morgan fingerprint density at radius 2 is 2.11 bits per heavy atom. The fraction of sp³-hybridized carbons (Fsp3) is 0.417. The maximum absolute atomic E-state index is 12.7. The number of hydrogen-bond donors (Lipinski definition) is 2. The molecule has 0 amide bonds. The van der Waals surface area contributed by atoms with Gasteiger partial charge < -0.3 is 10.6 Å². The average Bonchev–Trinajstić information content (AvgIpc) is 2.75. The Labute approximate surface area is 111 Å². The standard InChI is InChI=1S/C12H16FN3O2S/c1-9-8-15-12(16-9)14-6-7-19(17,18)11-4-2-10(13)3-5-11/h2-5,9H,6-8H2,1H3,(H2,14,15,16). The molecule has 2 N–H and O–H groups in total. The van der Waals surface area contributed by atoms with Crippen molar-refractivity contribution in [2.75, 3.05) is 18.8 Å². The fourth-order valence-corrected chi connectivity index (χ4v) is 2.88. The summed E-state index contributed by atoms with van der Waals surface area (Å²) < 4.78 is 36.7. The summed E-state index contributed by atoms with van der Waals surface area (Å²) in [6.45, 7) is 2.94. The molecule has 0 saturated heterocycles. The van der Waals surface area contributed by atoms with Crippen molar-refractivity contribution in [2.24, 2.45) is 4.99 Å². The third-order valence-electron chi connectivity index (χ3n) is 2.74. The minimum Gasteiger partial charge on any atom is -0.355 e. The van der Waals surface area contributed by atoms with E-state index in [-0.39, 0.29) is 23.2 Å². The van der Waals surface area contributed by atoms with Gasteiger partial charge in [0.15, 0.2) is 15.8 Å². The number of halogens is 1. The van der Waals surface area contributed by atoms with E-state index in [1.807, 2.05) is 6.92 Å². The molecular formula is C12H16FN3O2S. The number of nitrogens with one attached hydrogen (secondary N) is 2. The molecule has 0 saturated carbocycles. The van der Waals surface area contributed by atoms with Crippen molar-refractivity contribution < 1.29 is 12.8 Å². The minimum absolute atomic E-state index is 0.0618. The summed E-state index contributed by atoms with van der Waals surface area (Å²) in [7, 11) is -3.39. The van der Waals surface area contributed by atoms with Gasteiger partial charge >= 0.3 is 0 Å². The molecule has 1 heterocycles. The molecule has 0 aromatic heterocycles. The third-order valence-corrected chi connectivity index (χ3v) is 4.47. The summed E-state index contributed by atoms with van der Waals surface area (Å²) in [5, 5.41) is 6.02. The maximum atomic E-state index is 12.7. The van der Waals surface area contributed by atoms with E-state index in [1.54, 1.807) is 0 Å². The molecule has 1 unspecified atom stereocenters. The minimum atomic E-state index is -3.39. The van der Waals surface area contributed by atoms with Gasteiger partial charge in [-0.05, 0) is 31.2 Å². The van der Waals surface area contributed by atoms with Crippen molar-refractivity contribution in [3.8, 4) is 0 Å². The number of nitrogens with zero attached hydrogens (tertiary/aromatic N) is 1. The molecule has 1 atom stereocenters. The molecule has 1 aliphatic heterocycles. The highest BCUT2D eigenvalue weighted by Gasteiger charge is 2.16. The van der Waals surface area contributed by atoms with Crippen LogP contribution in [0.25, 0.3) is 0 Å². The predicted octanol–water partition coefficient (Wildman–Crippen LogP) is 0.537. The number of aliphatic imine (C=N–C) groups is 1. The van der Waals surface area contributed by atoms with Crippen molar-refractivity contribution >= 4 is 15.8 Å². The lowest BCUT2D eigenvalue weighted by Crippen LogP contribution is -2.39. The van der Waals surface area contributed by atoms with Crippen molar-refractivity contribution in [3.63, 3.8) is 0 Å². The normalized spacial score (nSPS) is 18.8. The van der Waals surface area contributed by atoms with Gasteiger partial charge in [-0.1, -0.05) is 0 Å². The lowest BCUT2D eigenvalue weighted by Gasteiger charge is -2.09. The summed E-state index contributed by atoms with van der Waals surface area (Å²) in [4.78, 5) is 4.30. The summed E-state index contributed by atoms with van der Waals surface area (Å²) in [5.41, 5.74) is 0. The summed E-state index contributed by atoms with van der Waals surface area (Å²) in [5.74, 6) is 0.116. The van der Waals surface area contributed by atoms with E-state index >= 15 is 0 Å². The zero-order valence-corrected chi connectivity index (χ0v) is 11.4. The SMILES string of the molecule is CC1CN=C(NCCS(=O)(=O)c2ccc(F)cc2)N1. The number of benzene rings is 1. The quantitative estimate of drug-likeness (QED) is 0.792. The molecule has 0 bridgehead atoms. The van der Waals surface area contributed by atoms with Crippen molar-refractivity contribution in [1.29, 1.82) is 0 Å². The predicted molar refractivity (Wildman–Crippen MR) is 71.4 cm³/mol. The Bertz CT molecular complexity index is 569. The van der Waals surface area contributed by atoms with Crippen LogP contribution in [-0.2, 0) is 9.84 Å². The van der Waals surface area contributed by atoms with Crippen LogP contribution in [-0.4, -0.2) is 39.3 Å². The van der Waals surface area contributed by atoms with Gasteiger partial charge in [0.05, 0.1) is 17.2 Å². The molecule has 0 fully saturated rings. The van der Waals surface area contributed by atoms with Crippen molar-refractivity contribution in [1.82, 2.24) is 10.6 Å². The molecular weight excluding hydrogens is 269 g/mol. The van der Waals surface area contributed by atoms with Crippen LogP contribution in [0, 0.1) is 5.82 Å². The highest BCUT2D eigenvalue weighted by molar-refractivity contribution is 7.91. The first-order chi connectivity index (χ1) is 8.97. The van der Waals surface area contributed by atoms with E-state index in [0.717, 1.165) is 12.1 Å². The molecule has 0 radical (unpaired) electrons. The second-order valence-electron chi connectivity index (χ2n) is 4.43. The average molecular weight is 285 g/mol. The number of sulfone groups is 1. The first-order valence-corrected chi connectivity index (χ1v) is 7.66. The van der Waals surface area contributed by atoms with Gasteiger partial charge in [0.2, 0.25) is 0 Å². The van der Waals surface area contributed by atoms with Gasteiger partial charge in [-0.3, -0.25) is 4.99 Å².